The monoisotopic (exact) mass is 335 g/mol. The van der Waals surface area contributed by atoms with Gasteiger partial charge < -0.3 is 19.9 Å². The standard InChI is InChI=1S/C13H15Cl2NO5/c1-20-13(19)11(7-17)16-12(18)4-5-21-8-2-3-9(14)10(15)6-8/h2-3,6,11,17H,4-5,7H2,1H3,(H,16,18). The number of rotatable bonds is 7. The van der Waals surface area contributed by atoms with E-state index in [1.807, 2.05) is 0 Å². The molecule has 0 heterocycles. The summed E-state index contributed by atoms with van der Waals surface area (Å²) >= 11 is 11.6. The van der Waals surface area contributed by atoms with Crippen LogP contribution >= 0.6 is 23.2 Å². The quantitative estimate of drug-likeness (QED) is 0.736. The SMILES string of the molecule is COC(=O)C(CO)NC(=O)CCOc1ccc(Cl)c(Cl)c1. The molecule has 6 nitrogen and oxygen atoms in total. The van der Waals surface area contributed by atoms with Crippen molar-refractivity contribution < 1.29 is 24.2 Å². The van der Waals surface area contributed by atoms with E-state index in [4.69, 9.17) is 33.0 Å². The van der Waals surface area contributed by atoms with Crippen LogP contribution in [0.2, 0.25) is 10.0 Å². The molecule has 0 fully saturated rings. The van der Waals surface area contributed by atoms with E-state index in [0.29, 0.717) is 15.8 Å². The zero-order valence-corrected chi connectivity index (χ0v) is 12.8. The van der Waals surface area contributed by atoms with Crippen molar-refractivity contribution in [3.05, 3.63) is 28.2 Å². The third-order valence-corrected chi connectivity index (χ3v) is 3.23. The third-order valence-electron chi connectivity index (χ3n) is 2.49. The van der Waals surface area contributed by atoms with E-state index in [2.05, 4.69) is 10.1 Å². The van der Waals surface area contributed by atoms with E-state index >= 15 is 0 Å². The van der Waals surface area contributed by atoms with Crippen LogP contribution in [0.25, 0.3) is 0 Å². The van der Waals surface area contributed by atoms with Crippen LogP contribution < -0.4 is 10.1 Å². The van der Waals surface area contributed by atoms with Gasteiger partial charge in [-0.2, -0.15) is 0 Å². The van der Waals surface area contributed by atoms with E-state index in [-0.39, 0.29) is 13.0 Å². The predicted molar refractivity (Wildman–Crippen MR) is 77.6 cm³/mol. The lowest BCUT2D eigenvalue weighted by atomic mass is 10.3. The first-order valence-corrected chi connectivity index (χ1v) is 6.79. The van der Waals surface area contributed by atoms with Crippen molar-refractivity contribution in [2.45, 2.75) is 12.5 Å². The van der Waals surface area contributed by atoms with Gasteiger partial charge >= 0.3 is 5.97 Å². The van der Waals surface area contributed by atoms with E-state index in [1.165, 1.54) is 13.2 Å². The third kappa shape index (κ3) is 5.79. The molecule has 0 aromatic heterocycles. The second kappa shape index (κ2) is 8.71. The van der Waals surface area contributed by atoms with Gasteiger partial charge in [0.1, 0.15) is 5.75 Å². The average Bonchev–Trinajstić information content (AvgIpc) is 2.47. The van der Waals surface area contributed by atoms with E-state index in [1.54, 1.807) is 12.1 Å². The lowest BCUT2D eigenvalue weighted by Gasteiger charge is -2.14. The number of carbonyl (C=O) groups excluding carboxylic acids is 2. The summed E-state index contributed by atoms with van der Waals surface area (Å²) in [7, 11) is 1.17. The van der Waals surface area contributed by atoms with Gasteiger partial charge in [-0.05, 0) is 12.1 Å². The largest absolute Gasteiger partial charge is 0.493 e. The molecule has 2 N–H and O–H groups in total. The van der Waals surface area contributed by atoms with Gasteiger partial charge in [-0.15, -0.1) is 0 Å². The van der Waals surface area contributed by atoms with E-state index in [9.17, 15) is 9.59 Å². The van der Waals surface area contributed by atoms with Gasteiger partial charge in [-0.25, -0.2) is 4.79 Å². The number of hydrogen-bond donors (Lipinski definition) is 2. The Bertz CT molecular complexity index is 509. The Morgan fingerprint density at radius 1 is 1.33 bits per heavy atom. The topological polar surface area (TPSA) is 84.9 Å². The maximum absolute atomic E-state index is 11.6. The zero-order valence-electron chi connectivity index (χ0n) is 11.3. The number of hydrogen-bond acceptors (Lipinski definition) is 5. The summed E-state index contributed by atoms with van der Waals surface area (Å²) in [6.07, 6.45) is 0.00768. The Hall–Kier alpha value is -1.50. The molecule has 0 bridgehead atoms. The summed E-state index contributed by atoms with van der Waals surface area (Å²) < 4.78 is 9.76. The first-order valence-electron chi connectivity index (χ1n) is 6.03. The minimum atomic E-state index is -1.08. The molecule has 1 aromatic carbocycles. The fourth-order valence-electron chi connectivity index (χ4n) is 1.42. The van der Waals surface area contributed by atoms with Crippen molar-refractivity contribution in [2.24, 2.45) is 0 Å². The number of esters is 1. The average molecular weight is 336 g/mol. The number of aliphatic hydroxyl groups excluding tert-OH is 1. The molecule has 0 aliphatic rings. The van der Waals surface area contributed by atoms with Crippen molar-refractivity contribution in [1.82, 2.24) is 5.32 Å². The zero-order chi connectivity index (χ0) is 15.8. The molecule has 21 heavy (non-hydrogen) atoms. The molecule has 1 unspecified atom stereocenters. The van der Waals surface area contributed by atoms with Crippen LogP contribution in [0.15, 0.2) is 18.2 Å². The molecule has 0 aliphatic carbocycles. The molecule has 0 saturated heterocycles. The smallest absolute Gasteiger partial charge is 0.330 e. The van der Waals surface area contributed by atoms with Crippen molar-refractivity contribution in [2.75, 3.05) is 20.3 Å². The number of amides is 1. The highest BCUT2D eigenvalue weighted by Gasteiger charge is 2.20. The minimum Gasteiger partial charge on any atom is -0.493 e. The Balaban J connectivity index is 2.39. The first kappa shape index (κ1) is 17.6. The van der Waals surface area contributed by atoms with Gasteiger partial charge in [0.25, 0.3) is 0 Å². The lowest BCUT2D eigenvalue weighted by molar-refractivity contribution is -0.146. The maximum atomic E-state index is 11.6. The Labute approximate surface area is 131 Å². The Morgan fingerprint density at radius 2 is 2.05 bits per heavy atom. The highest BCUT2D eigenvalue weighted by molar-refractivity contribution is 6.42. The van der Waals surface area contributed by atoms with Crippen molar-refractivity contribution in [3.8, 4) is 5.75 Å². The molecule has 1 amide bonds. The molecule has 116 valence electrons. The lowest BCUT2D eigenvalue weighted by Crippen LogP contribution is -2.44. The first-order chi connectivity index (χ1) is 9.97. The fraction of sp³-hybridized carbons (Fsp3) is 0.385. The second-order valence-electron chi connectivity index (χ2n) is 4.00. The molecular formula is C13H15Cl2NO5. The highest BCUT2D eigenvalue weighted by atomic mass is 35.5. The van der Waals surface area contributed by atoms with Crippen LogP contribution in [0.4, 0.5) is 0 Å². The number of nitrogens with one attached hydrogen (secondary N) is 1. The van der Waals surface area contributed by atoms with Crippen molar-refractivity contribution in [1.29, 1.82) is 0 Å². The fourth-order valence-corrected chi connectivity index (χ4v) is 1.70. The predicted octanol–water partition coefficient (Wildman–Crippen LogP) is 1.41. The number of ether oxygens (including phenoxy) is 2. The maximum Gasteiger partial charge on any atom is 0.330 e. The summed E-state index contributed by atoms with van der Waals surface area (Å²) in [6, 6.07) is 3.66. The Morgan fingerprint density at radius 3 is 2.62 bits per heavy atom. The van der Waals surface area contributed by atoms with Gasteiger partial charge in [0.15, 0.2) is 6.04 Å². The summed E-state index contributed by atoms with van der Waals surface area (Å²) in [6.45, 7) is -0.449. The van der Waals surface area contributed by atoms with Gasteiger partial charge in [0.2, 0.25) is 5.91 Å². The van der Waals surface area contributed by atoms with Crippen molar-refractivity contribution in [3.63, 3.8) is 0 Å². The van der Waals surface area contributed by atoms with Crippen LogP contribution in [-0.4, -0.2) is 43.3 Å². The molecule has 0 saturated carbocycles. The van der Waals surface area contributed by atoms with E-state index < -0.39 is 24.5 Å². The molecule has 1 rings (SSSR count). The number of halogens is 2. The van der Waals surface area contributed by atoms with Gasteiger partial charge in [-0.3, -0.25) is 4.79 Å². The number of aliphatic hydroxyl groups is 1. The molecule has 1 atom stereocenters. The van der Waals surface area contributed by atoms with Gasteiger partial charge in [0, 0.05) is 6.07 Å². The van der Waals surface area contributed by atoms with Crippen molar-refractivity contribution >= 4 is 35.1 Å². The Kier molecular flexibility index (Phi) is 7.28. The molecule has 1 aromatic rings. The molecule has 8 heteroatoms. The molecular weight excluding hydrogens is 321 g/mol. The molecule has 0 spiro atoms. The van der Waals surface area contributed by atoms with Crippen LogP contribution in [0.3, 0.4) is 0 Å². The number of methoxy groups -OCH3 is 1. The summed E-state index contributed by atoms with van der Waals surface area (Å²) in [4.78, 5) is 22.8. The minimum absolute atomic E-state index is 0.00768. The van der Waals surface area contributed by atoms with Crippen LogP contribution in [-0.2, 0) is 14.3 Å². The summed E-state index contributed by atoms with van der Waals surface area (Å²) in [5, 5.41) is 12.1. The van der Waals surface area contributed by atoms with Gasteiger partial charge in [-0.1, -0.05) is 23.2 Å². The highest BCUT2D eigenvalue weighted by Crippen LogP contribution is 2.26. The van der Waals surface area contributed by atoms with Crippen LogP contribution in [0.1, 0.15) is 6.42 Å². The number of carbonyl (C=O) groups is 2. The molecule has 0 radical (unpaired) electrons. The van der Waals surface area contributed by atoms with Crippen LogP contribution in [0.5, 0.6) is 5.75 Å². The summed E-state index contributed by atoms with van der Waals surface area (Å²) in [5.74, 6) is -0.681. The number of benzene rings is 1. The van der Waals surface area contributed by atoms with Crippen LogP contribution in [0, 0.1) is 0 Å². The van der Waals surface area contributed by atoms with Gasteiger partial charge in [0.05, 0.1) is 36.8 Å². The van der Waals surface area contributed by atoms with E-state index in [0.717, 1.165) is 0 Å². The normalized spacial score (nSPS) is 11.6. The second-order valence-corrected chi connectivity index (χ2v) is 4.81. The molecule has 0 aliphatic heterocycles. The summed E-state index contributed by atoms with van der Waals surface area (Å²) in [5.41, 5.74) is 0.